The Morgan fingerprint density at radius 2 is 1.21 bits per heavy atom. The summed E-state index contributed by atoms with van der Waals surface area (Å²) in [6.45, 7) is 8.37. The van der Waals surface area contributed by atoms with E-state index in [1.165, 1.54) is 0 Å². The van der Waals surface area contributed by atoms with Gasteiger partial charge in [0, 0.05) is 5.75 Å². The zero-order valence-electron chi connectivity index (χ0n) is 13.9. The predicted molar refractivity (Wildman–Crippen MR) is 78.9 cm³/mol. The number of hydrogen-bond donors (Lipinski definition) is 0. The molecule has 0 spiro atoms. The molecule has 1 nitrogen and oxygen atoms in total. The Hall–Kier alpha value is 0.0631. The largest absolute Gasteiger partial charge is 2.00 e. The average Bonchev–Trinajstić information content (AvgIpc) is 2.23. The van der Waals surface area contributed by atoms with Crippen molar-refractivity contribution in [2.75, 3.05) is 0 Å². The molecule has 0 aliphatic carbocycles. The van der Waals surface area contributed by atoms with Gasteiger partial charge in [-0.1, -0.05) is 20.8 Å². The zero-order valence-corrected chi connectivity index (χ0v) is 17.9. The molecule has 0 saturated heterocycles. The monoisotopic (exact) mass is 446 g/mol. The summed E-state index contributed by atoms with van der Waals surface area (Å²) in [4.78, 5) is 0. The van der Waals surface area contributed by atoms with E-state index in [1.807, 2.05) is 6.07 Å². The van der Waals surface area contributed by atoms with E-state index >= 15 is 0 Å². The van der Waals surface area contributed by atoms with Crippen LogP contribution in [-0.4, -0.2) is 31.4 Å². The quantitative estimate of drug-likeness (QED) is 0.385. The first-order chi connectivity index (χ1) is 9.57. The van der Waals surface area contributed by atoms with E-state index in [1.54, 1.807) is 33.9 Å². The summed E-state index contributed by atoms with van der Waals surface area (Å²) in [5, 5.41) is -0.543. The van der Waals surface area contributed by atoms with Crippen LogP contribution >= 0.6 is 0 Å². The van der Waals surface area contributed by atoms with Crippen LogP contribution in [0, 0.1) is 6.07 Å². The van der Waals surface area contributed by atoms with E-state index in [0.717, 1.165) is 0 Å². The zero-order chi connectivity index (χ0) is 17.6. The molecule has 0 N–H and O–H groups in total. The fourth-order valence-corrected chi connectivity index (χ4v) is 2.46. The Morgan fingerprint density at radius 3 is 1.46 bits per heavy atom. The van der Waals surface area contributed by atoms with Gasteiger partial charge < -0.3 is 21.4 Å². The Labute approximate surface area is 165 Å². The third-order valence-electron chi connectivity index (χ3n) is 3.72. The maximum absolute atomic E-state index is 13.0. The second kappa shape index (κ2) is 8.17. The first kappa shape index (κ1) is 26.3. The SMILES string of the molecule is CC(C)(C)[Si](C)(C)Oc1c(C(F)(F)F)c[c-]cc1C(F)(F)F.[Br-].[Mg+2]. The van der Waals surface area contributed by atoms with E-state index in [0.29, 0.717) is 12.1 Å². The maximum Gasteiger partial charge on any atom is 2.00 e. The van der Waals surface area contributed by atoms with Crippen molar-refractivity contribution in [3.8, 4) is 5.75 Å². The Balaban J connectivity index is 0. The van der Waals surface area contributed by atoms with Crippen LogP contribution in [0.4, 0.5) is 26.3 Å². The molecule has 1 rings (SSSR count). The molecule has 0 aromatic heterocycles. The Kier molecular flexibility index (Phi) is 8.95. The first-order valence-electron chi connectivity index (χ1n) is 6.45. The fourth-order valence-electron chi connectivity index (χ4n) is 1.42. The summed E-state index contributed by atoms with van der Waals surface area (Å²) in [6.07, 6.45) is -9.90. The average molecular weight is 448 g/mol. The molecule has 0 amide bonds. The minimum absolute atomic E-state index is 0. The van der Waals surface area contributed by atoms with Crippen molar-refractivity contribution >= 4 is 31.4 Å². The van der Waals surface area contributed by atoms with E-state index in [9.17, 15) is 26.3 Å². The summed E-state index contributed by atoms with van der Waals surface area (Å²) in [5.74, 6) is -1.15. The summed E-state index contributed by atoms with van der Waals surface area (Å²) in [6, 6.07) is 2.87. The van der Waals surface area contributed by atoms with Crippen LogP contribution in [0.2, 0.25) is 18.1 Å². The van der Waals surface area contributed by atoms with E-state index in [4.69, 9.17) is 4.43 Å². The molecule has 1 aromatic rings. The van der Waals surface area contributed by atoms with Crippen LogP contribution in [0.3, 0.4) is 0 Å². The van der Waals surface area contributed by atoms with Crippen LogP contribution < -0.4 is 21.4 Å². The molecule has 10 heteroatoms. The smallest absolute Gasteiger partial charge is 1.00 e. The third-order valence-corrected chi connectivity index (χ3v) is 8.05. The first-order valence-corrected chi connectivity index (χ1v) is 9.36. The van der Waals surface area contributed by atoms with Gasteiger partial charge >= 0.3 is 35.4 Å². The molecule has 1 aromatic carbocycles. The van der Waals surface area contributed by atoms with Gasteiger partial charge in [0.05, 0.1) is 0 Å². The van der Waals surface area contributed by atoms with Crippen LogP contribution in [-0.2, 0) is 12.4 Å². The second-order valence-electron chi connectivity index (χ2n) is 6.47. The number of alkyl halides is 6. The van der Waals surface area contributed by atoms with E-state index < -0.39 is 42.6 Å². The van der Waals surface area contributed by atoms with Gasteiger partial charge in [0.1, 0.15) is 0 Å². The van der Waals surface area contributed by atoms with Crippen molar-refractivity contribution in [1.29, 1.82) is 0 Å². The fraction of sp³-hybridized carbons (Fsp3) is 0.571. The van der Waals surface area contributed by atoms with E-state index in [-0.39, 0.29) is 40.0 Å². The van der Waals surface area contributed by atoms with Crippen molar-refractivity contribution in [2.24, 2.45) is 0 Å². The van der Waals surface area contributed by atoms with Gasteiger partial charge in [0.15, 0.2) is 0 Å². The number of hydrogen-bond acceptors (Lipinski definition) is 1. The van der Waals surface area contributed by atoms with E-state index in [2.05, 4.69) is 0 Å². The molecule has 0 aliphatic heterocycles. The summed E-state index contributed by atoms with van der Waals surface area (Å²) < 4.78 is 83.6. The standard InChI is InChI=1S/C14H17F6OSi.BrH.Mg/c1-12(2,3)22(4,5)21-11-9(13(15,16)17)7-6-8-10(11)14(18,19)20;;/h7-8H,1-5H3;1H;/q-1;;+2/p-1. The van der Waals surface area contributed by atoms with Gasteiger partial charge in [-0.15, -0.1) is 0 Å². The summed E-state index contributed by atoms with van der Waals surface area (Å²) >= 11 is 0. The van der Waals surface area contributed by atoms with Crippen molar-refractivity contribution in [3.05, 3.63) is 29.3 Å². The molecular formula is C14H17BrF6MgOSi. The van der Waals surface area contributed by atoms with Crippen LogP contribution in [0.25, 0.3) is 0 Å². The second-order valence-corrected chi connectivity index (χ2v) is 11.2. The van der Waals surface area contributed by atoms with Gasteiger partial charge in [-0.3, -0.25) is 0 Å². The van der Waals surface area contributed by atoms with Crippen LogP contribution in [0.15, 0.2) is 12.1 Å². The van der Waals surface area contributed by atoms with Gasteiger partial charge in [-0.25, -0.2) is 0 Å². The molecule has 0 atom stereocenters. The van der Waals surface area contributed by atoms with Gasteiger partial charge in [-0.05, 0) is 29.3 Å². The molecular weight excluding hydrogens is 430 g/mol. The van der Waals surface area contributed by atoms with Crippen LogP contribution in [0.1, 0.15) is 31.9 Å². The summed E-state index contributed by atoms with van der Waals surface area (Å²) in [5.41, 5.74) is -2.90. The van der Waals surface area contributed by atoms with Gasteiger partial charge in [0.25, 0.3) is 0 Å². The van der Waals surface area contributed by atoms with Crippen LogP contribution in [0.5, 0.6) is 5.75 Å². The minimum atomic E-state index is -4.95. The number of halogens is 7. The van der Waals surface area contributed by atoms with Gasteiger partial charge in [0.2, 0.25) is 8.32 Å². The molecule has 24 heavy (non-hydrogen) atoms. The van der Waals surface area contributed by atoms with Crippen molar-refractivity contribution in [3.63, 3.8) is 0 Å². The topological polar surface area (TPSA) is 9.23 Å². The molecule has 0 saturated carbocycles. The third kappa shape index (κ3) is 6.10. The summed E-state index contributed by atoms with van der Waals surface area (Å²) in [7, 11) is -2.88. The maximum atomic E-state index is 13.0. The molecule has 0 fully saturated rings. The molecule has 0 radical (unpaired) electrons. The molecule has 0 heterocycles. The predicted octanol–water partition coefficient (Wildman–Crippen LogP) is 2.53. The molecule has 0 aliphatic rings. The van der Waals surface area contributed by atoms with Crippen molar-refractivity contribution in [1.82, 2.24) is 0 Å². The Morgan fingerprint density at radius 1 is 0.875 bits per heavy atom. The molecule has 0 bridgehead atoms. The Bertz CT molecular complexity index is 519. The van der Waals surface area contributed by atoms with Gasteiger partial charge in [-0.2, -0.15) is 44.5 Å². The number of rotatable bonds is 2. The van der Waals surface area contributed by atoms with Crippen molar-refractivity contribution in [2.45, 2.75) is 51.3 Å². The number of benzene rings is 1. The van der Waals surface area contributed by atoms with Crippen molar-refractivity contribution < 1.29 is 47.7 Å². The molecule has 134 valence electrons. The normalized spacial score (nSPS) is 13.0. The minimum Gasteiger partial charge on any atom is -1.00 e. The molecule has 0 unspecified atom stereocenters.